The highest BCUT2D eigenvalue weighted by Crippen LogP contribution is 2.24. The Morgan fingerprint density at radius 2 is 1.47 bits per heavy atom. The topological polar surface area (TPSA) is 131 Å². The Morgan fingerprint density at radius 3 is 2.08 bits per heavy atom. The van der Waals surface area contributed by atoms with E-state index in [0.29, 0.717) is 18.0 Å². The third kappa shape index (κ3) is 11.4. The lowest BCUT2D eigenvalue weighted by Gasteiger charge is -2.20. The molecule has 0 fully saturated rings. The minimum absolute atomic E-state index is 0.0397. The third-order valence-electron chi connectivity index (χ3n) is 7.94. The summed E-state index contributed by atoms with van der Waals surface area (Å²) in [5.74, 6) is -0.486. The molecule has 1 heterocycles. The van der Waals surface area contributed by atoms with Crippen molar-refractivity contribution in [3.63, 3.8) is 0 Å². The van der Waals surface area contributed by atoms with Crippen molar-refractivity contribution < 1.29 is 24.2 Å². The second kappa shape index (κ2) is 17.7. The van der Waals surface area contributed by atoms with Crippen molar-refractivity contribution in [1.29, 1.82) is 0 Å². The molecule has 0 bridgehead atoms. The summed E-state index contributed by atoms with van der Waals surface area (Å²) in [5, 5.41) is 14.5. The standard InChI is InChI=1S/C40H46N4O5/c1-5-6-7-8-9-24-49-34-20-16-29(17-21-34)32-26-42-37(43-27-32)30-12-10-28(11-13-30)25-35(39(48)41-23-22-36(45)46)44-38(47)31-14-18-33(19-15-31)40(2,3)4/h7-8,10-21,26-27,35H,5-6,9,22-25H2,1-4H3,(H,41,48)(H,44,47)(H,45,46)/b8-7-/t35-/m0/s1. The summed E-state index contributed by atoms with van der Waals surface area (Å²) >= 11 is 0. The van der Waals surface area contributed by atoms with E-state index in [1.54, 1.807) is 24.5 Å². The van der Waals surface area contributed by atoms with Crippen LogP contribution in [0.4, 0.5) is 0 Å². The Labute approximate surface area is 288 Å². The van der Waals surface area contributed by atoms with Crippen LogP contribution in [0.2, 0.25) is 0 Å². The minimum Gasteiger partial charge on any atom is -0.493 e. The average molecular weight is 663 g/mol. The molecular weight excluding hydrogens is 616 g/mol. The van der Waals surface area contributed by atoms with Crippen LogP contribution < -0.4 is 15.4 Å². The fraction of sp³-hybridized carbons (Fsp3) is 0.325. The number of aromatic nitrogens is 2. The maximum atomic E-state index is 13.2. The molecule has 0 saturated carbocycles. The first kappa shape index (κ1) is 36.5. The zero-order valence-corrected chi connectivity index (χ0v) is 28.7. The molecule has 0 saturated heterocycles. The molecule has 0 unspecified atom stereocenters. The number of ether oxygens (including phenoxy) is 1. The maximum absolute atomic E-state index is 13.2. The fourth-order valence-corrected chi connectivity index (χ4v) is 5.03. The number of amides is 2. The van der Waals surface area contributed by atoms with Gasteiger partial charge in [0.25, 0.3) is 5.91 Å². The highest BCUT2D eigenvalue weighted by molar-refractivity contribution is 5.97. The molecule has 9 nitrogen and oxygen atoms in total. The van der Waals surface area contributed by atoms with E-state index in [1.165, 1.54) is 0 Å². The van der Waals surface area contributed by atoms with Gasteiger partial charge in [0.1, 0.15) is 11.8 Å². The number of carbonyl (C=O) groups excluding carboxylic acids is 2. The van der Waals surface area contributed by atoms with Gasteiger partial charge in [0.15, 0.2) is 5.82 Å². The van der Waals surface area contributed by atoms with Gasteiger partial charge in [0.2, 0.25) is 5.91 Å². The zero-order chi connectivity index (χ0) is 35.2. The number of unbranched alkanes of at least 4 members (excludes halogenated alkanes) is 1. The molecule has 0 radical (unpaired) electrons. The van der Waals surface area contributed by atoms with E-state index in [9.17, 15) is 14.4 Å². The van der Waals surface area contributed by atoms with E-state index in [4.69, 9.17) is 9.84 Å². The highest BCUT2D eigenvalue weighted by atomic mass is 16.5. The van der Waals surface area contributed by atoms with Crippen molar-refractivity contribution in [1.82, 2.24) is 20.6 Å². The van der Waals surface area contributed by atoms with Crippen molar-refractivity contribution in [3.05, 3.63) is 114 Å². The van der Waals surface area contributed by atoms with Gasteiger partial charge in [-0.2, -0.15) is 0 Å². The number of carboxylic acids is 1. The minimum atomic E-state index is -1.02. The van der Waals surface area contributed by atoms with E-state index >= 15 is 0 Å². The first-order valence-corrected chi connectivity index (χ1v) is 16.7. The summed E-state index contributed by atoms with van der Waals surface area (Å²) in [6.07, 6.45) is 11.0. The van der Waals surface area contributed by atoms with E-state index in [1.807, 2.05) is 60.7 Å². The second-order valence-electron chi connectivity index (χ2n) is 12.9. The van der Waals surface area contributed by atoms with Crippen molar-refractivity contribution in [2.75, 3.05) is 13.2 Å². The first-order chi connectivity index (χ1) is 23.5. The second-order valence-corrected chi connectivity index (χ2v) is 12.9. The summed E-state index contributed by atoms with van der Waals surface area (Å²) in [6.45, 7) is 9.04. The molecule has 0 aliphatic carbocycles. The van der Waals surface area contributed by atoms with Gasteiger partial charge in [-0.3, -0.25) is 14.4 Å². The maximum Gasteiger partial charge on any atom is 0.305 e. The van der Waals surface area contributed by atoms with Gasteiger partial charge in [-0.15, -0.1) is 0 Å². The van der Waals surface area contributed by atoms with Crippen LogP contribution in [0, 0.1) is 0 Å². The monoisotopic (exact) mass is 662 g/mol. The molecule has 4 aromatic rings. The molecule has 1 atom stereocenters. The normalized spacial score (nSPS) is 12.0. The van der Waals surface area contributed by atoms with Crippen LogP contribution in [-0.4, -0.2) is 52.1 Å². The van der Waals surface area contributed by atoms with E-state index < -0.39 is 17.9 Å². The van der Waals surface area contributed by atoms with E-state index in [2.05, 4.69) is 60.4 Å². The predicted octanol–water partition coefficient (Wildman–Crippen LogP) is 7.17. The Morgan fingerprint density at radius 1 is 0.837 bits per heavy atom. The molecule has 0 aliphatic rings. The number of nitrogens with zero attached hydrogens (tertiary/aromatic N) is 2. The van der Waals surface area contributed by atoms with Crippen molar-refractivity contribution in [2.45, 2.75) is 71.3 Å². The number of rotatable bonds is 16. The van der Waals surface area contributed by atoms with Crippen LogP contribution in [-0.2, 0) is 21.4 Å². The van der Waals surface area contributed by atoms with Gasteiger partial charge in [-0.1, -0.05) is 94.8 Å². The van der Waals surface area contributed by atoms with Crippen LogP contribution in [0.5, 0.6) is 5.75 Å². The lowest BCUT2D eigenvalue weighted by molar-refractivity contribution is -0.137. The van der Waals surface area contributed by atoms with Crippen molar-refractivity contribution in [3.8, 4) is 28.3 Å². The Bertz CT molecular complexity index is 1690. The van der Waals surface area contributed by atoms with E-state index in [-0.39, 0.29) is 30.7 Å². The molecule has 2 amide bonds. The number of benzene rings is 3. The quantitative estimate of drug-likeness (QED) is 0.0857. The van der Waals surface area contributed by atoms with Gasteiger partial charge in [-0.25, -0.2) is 9.97 Å². The smallest absolute Gasteiger partial charge is 0.305 e. The Kier molecular flexibility index (Phi) is 13.2. The van der Waals surface area contributed by atoms with Gasteiger partial charge in [0, 0.05) is 42.0 Å². The number of hydrogen-bond acceptors (Lipinski definition) is 6. The first-order valence-electron chi connectivity index (χ1n) is 16.7. The highest BCUT2D eigenvalue weighted by Gasteiger charge is 2.23. The van der Waals surface area contributed by atoms with Crippen LogP contribution in [0.3, 0.4) is 0 Å². The fourth-order valence-electron chi connectivity index (χ4n) is 5.03. The number of allylic oxidation sites excluding steroid dienone is 1. The van der Waals surface area contributed by atoms with Gasteiger partial charge >= 0.3 is 5.97 Å². The molecule has 9 heteroatoms. The van der Waals surface area contributed by atoms with Crippen molar-refractivity contribution in [2.24, 2.45) is 0 Å². The number of carbonyl (C=O) groups is 3. The SMILES string of the molecule is CCC/C=C\CCOc1ccc(-c2cnc(-c3ccc(C[C@H](NC(=O)c4ccc(C(C)(C)C)cc4)C(=O)NCCC(=O)O)cc3)nc2)cc1. The van der Waals surface area contributed by atoms with Crippen LogP contribution in [0.15, 0.2) is 97.3 Å². The lowest BCUT2D eigenvalue weighted by Crippen LogP contribution is -2.48. The summed E-state index contributed by atoms with van der Waals surface area (Å²) in [7, 11) is 0. The zero-order valence-electron chi connectivity index (χ0n) is 28.7. The Balaban J connectivity index is 1.39. The molecule has 256 valence electrons. The lowest BCUT2D eigenvalue weighted by atomic mass is 9.86. The molecular formula is C40H46N4O5. The number of nitrogens with one attached hydrogen (secondary N) is 2. The molecule has 3 aromatic carbocycles. The van der Waals surface area contributed by atoms with Gasteiger partial charge in [0.05, 0.1) is 13.0 Å². The van der Waals surface area contributed by atoms with E-state index in [0.717, 1.165) is 52.8 Å². The number of hydrogen-bond donors (Lipinski definition) is 3. The summed E-state index contributed by atoms with van der Waals surface area (Å²) in [5.41, 5.74) is 4.94. The molecule has 3 N–H and O–H groups in total. The van der Waals surface area contributed by atoms with Crippen LogP contribution in [0.25, 0.3) is 22.5 Å². The molecule has 1 aromatic heterocycles. The summed E-state index contributed by atoms with van der Waals surface area (Å²) in [6, 6.07) is 21.8. The van der Waals surface area contributed by atoms with Gasteiger partial charge < -0.3 is 20.5 Å². The Hall–Kier alpha value is -5.31. The van der Waals surface area contributed by atoms with Crippen molar-refractivity contribution >= 4 is 17.8 Å². The third-order valence-corrected chi connectivity index (χ3v) is 7.94. The van der Waals surface area contributed by atoms with Gasteiger partial charge in [-0.05, 0) is 59.2 Å². The molecule has 0 spiro atoms. The number of aliphatic carboxylic acids is 1. The molecule has 49 heavy (non-hydrogen) atoms. The molecule has 0 aliphatic heterocycles. The average Bonchev–Trinajstić information content (AvgIpc) is 3.09. The summed E-state index contributed by atoms with van der Waals surface area (Å²) < 4.78 is 5.83. The summed E-state index contributed by atoms with van der Waals surface area (Å²) in [4.78, 5) is 46.4. The molecule has 4 rings (SSSR count). The van der Waals surface area contributed by atoms with Crippen LogP contribution >= 0.6 is 0 Å². The van der Waals surface area contributed by atoms with Crippen LogP contribution in [0.1, 0.15) is 74.9 Å². The predicted molar refractivity (Wildman–Crippen MR) is 192 cm³/mol. The largest absolute Gasteiger partial charge is 0.493 e. The number of carboxylic acid groups (broad SMARTS) is 1.